The monoisotopic (exact) mass is 464 g/mol. The van der Waals surface area contributed by atoms with E-state index in [0.29, 0.717) is 5.25 Å². The predicted molar refractivity (Wildman–Crippen MR) is 134 cm³/mol. The van der Waals surface area contributed by atoms with Gasteiger partial charge in [0.1, 0.15) is 5.75 Å². The van der Waals surface area contributed by atoms with Crippen molar-refractivity contribution >= 4 is 23.4 Å². The summed E-state index contributed by atoms with van der Waals surface area (Å²) in [4.78, 5) is 21.3. The van der Waals surface area contributed by atoms with Gasteiger partial charge in [-0.05, 0) is 54.8 Å². The topological polar surface area (TPSA) is 50.6 Å². The largest absolute Gasteiger partial charge is 0.497 e. The first-order valence-electron chi connectivity index (χ1n) is 11.5. The molecule has 0 bridgehead atoms. The lowest BCUT2D eigenvalue weighted by molar-refractivity contribution is -0.129. The Bertz CT molecular complexity index is 998. The summed E-state index contributed by atoms with van der Waals surface area (Å²) in [5.74, 6) is 1.06. The minimum atomic E-state index is 0.167. The van der Waals surface area contributed by atoms with Crippen molar-refractivity contribution in [2.45, 2.75) is 36.5 Å². The number of carbonyl (C=O) groups is 1. The Labute approximate surface area is 200 Å². The summed E-state index contributed by atoms with van der Waals surface area (Å²) in [7, 11) is 1.70. The third-order valence-electron chi connectivity index (χ3n) is 6.12. The van der Waals surface area contributed by atoms with Gasteiger partial charge >= 0.3 is 0 Å². The van der Waals surface area contributed by atoms with Crippen LogP contribution in [0.25, 0.3) is 0 Å². The van der Waals surface area contributed by atoms with Crippen LogP contribution in [-0.2, 0) is 17.8 Å². The lowest BCUT2D eigenvalue weighted by Gasteiger charge is -2.35. The Morgan fingerprint density at radius 2 is 1.79 bits per heavy atom. The van der Waals surface area contributed by atoms with Gasteiger partial charge in [0, 0.05) is 67.9 Å². The highest BCUT2D eigenvalue weighted by Crippen LogP contribution is 2.30. The van der Waals surface area contributed by atoms with Crippen LogP contribution in [0.3, 0.4) is 0 Å². The number of carbonyl (C=O) groups excluding carboxylic acids is 1. The Morgan fingerprint density at radius 3 is 2.39 bits per heavy atom. The number of aryl methyl sites for hydroxylation is 1. The smallest absolute Gasteiger partial charge is 0.219 e. The molecule has 1 saturated heterocycles. The zero-order chi connectivity index (χ0) is 23.0. The van der Waals surface area contributed by atoms with Gasteiger partial charge in [0.25, 0.3) is 0 Å². The van der Waals surface area contributed by atoms with Crippen molar-refractivity contribution in [1.82, 2.24) is 14.5 Å². The molecule has 3 aromatic rings. The summed E-state index contributed by atoms with van der Waals surface area (Å²) in [6, 6.07) is 17.2. The summed E-state index contributed by atoms with van der Waals surface area (Å²) in [5.41, 5.74) is 2.55. The van der Waals surface area contributed by atoms with E-state index in [9.17, 15) is 4.79 Å². The van der Waals surface area contributed by atoms with Crippen LogP contribution < -0.4 is 9.64 Å². The van der Waals surface area contributed by atoms with E-state index in [1.807, 2.05) is 47.5 Å². The first kappa shape index (κ1) is 23.2. The Balaban J connectivity index is 1.37. The number of nitrogens with zero attached hydrogens (tertiary/aromatic N) is 4. The number of piperazine rings is 1. The number of imidazole rings is 1. The zero-order valence-electron chi connectivity index (χ0n) is 19.4. The average molecular weight is 465 g/mol. The molecule has 1 atom stereocenters. The molecule has 1 aliphatic rings. The summed E-state index contributed by atoms with van der Waals surface area (Å²) in [5, 5.41) is 0.436. The van der Waals surface area contributed by atoms with Gasteiger partial charge in [-0.15, -0.1) is 11.8 Å². The van der Waals surface area contributed by atoms with Gasteiger partial charge in [-0.1, -0.05) is 12.1 Å². The average Bonchev–Trinajstić information content (AvgIpc) is 3.36. The lowest BCUT2D eigenvalue weighted by atomic mass is 10.1. The van der Waals surface area contributed by atoms with Crippen LogP contribution in [0, 0.1) is 0 Å². The number of hydrogen-bond acceptors (Lipinski definition) is 5. The number of thioether (sulfide) groups is 1. The molecule has 2 heterocycles. The molecule has 1 fully saturated rings. The second kappa shape index (κ2) is 11.3. The van der Waals surface area contributed by atoms with E-state index in [-0.39, 0.29) is 5.91 Å². The van der Waals surface area contributed by atoms with E-state index in [1.165, 1.54) is 16.1 Å². The Kier molecular flexibility index (Phi) is 7.94. The normalized spacial score (nSPS) is 14.8. The first-order chi connectivity index (χ1) is 16.1. The van der Waals surface area contributed by atoms with Crippen molar-refractivity contribution in [3.8, 4) is 5.75 Å². The number of anilines is 1. The molecule has 1 amide bonds. The highest BCUT2D eigenvalue weighted by Gasteiger charge is 2.19. The number of rotatable bonds is 9. The summed E-state index contributed by atoms with van der Waals surface area (Å²) < 4.78 is 7.44. The van der Waals surface area contributed by atoms with Crippen LogP contribution >= 0.6 is 11.8 Å². The van der Waals surface area contributed by atoms with Crippen LogP contribution in [0.1, 0.15) is 18.9 Å². The van der Waals surface area contributed by atoms with E-state index in [4.69, 9.17) is 4.74 Å². The highest BCUT2D eigenvalue weighted by atomic mass is 32.2. The number of amides is 1. The van der Waals surface area contributed by atoms with E-state index in [1.54, 1.807) is 14.0 Å². The number of methoxy groups -OCH3 is 1. The molecule has 0 radical (unpaired) electrons. The summed E-state index contributed by atoms with van der Waals surface area (Å²) >= 11 is 1.93. The minimum absolute atomic E-state index is 0.167. The fourth-order valence-electron chi connectivity index (χ4n) is 4.14. The fourth-order valence-corrected chi connectivity index (χ4v) is 5.31. The van der Waals surface area contributed by atoms with Gasteiger partial charge < -0.3 is 19.1 Å². The first-order valence-corrected chi connectivity index (χ1v) is 12.3. The Morgan fingerprint density at radius 1 is 1.06 bits per heavy atom. The van der Waals surface area contributed by atoms with Crippen molar-refractivity contribution in [1.29, 1.82) is 0 Å². The molecule has 33 heavy (non-hydrogen) atoms. The SMILES string of the molecule is COc1ccc(CCC(Cn2ccnc2)Sc2ccc(N3CCN(C(C)=O)CC3)cc2)cc1. The van der Waals surface area contributed by atoms with Gasteiger partial charge in [-0.25, -0.2) is 4.98 Å². The molecule has 1 unspecified atom stereocenters. The Hall–Kier alpha value is -2.93. The second-order valence-corrected chi connectivity index (χ2v) is 9.75. The van der Waals surface area contributed by atoms with Crippen molar-refractivity contribution in [3.05, 3.63) is 72.8 Å². The number of aromatic nitrogens is 2. The molecule has 1 aromatic heterocycles. The van der Waals surface area contributed by atoms with Crippen LogP contribution in [0.15, 0.2) is 72.1 Å². The summed E-state index contributed by atoms with van der Waals surface area (Å²) in [6.07, 6.45) is 7.86. The van der Waals surface area contributed by atoms with Crippen LogP contribution in [0.2, 0.25) is 0 Å². The molecular weight excluding hydrogens is 432 g/mol. The highest BCUT2D eigenvalue weighted by molar-refractivity contribution is 8.00. The molecule has 0 saturated carbocycles. The van der Waals surface area contributed by atoms with Gasteiger partial charge in [-0.3, -0.25) is 4.79 Å². The van der Waals surface area contributed by atoms with E-state index in [0.717, 1.165) is 51.3 Å². The molecule has 174 valence electrons. The van der Waals surface area contributed by atoms with Crippen molar-refractivity contribution in [2.24, 2.45) is 0 Å². The van der Waals surface area contributed by atoms with Gasteiger partial charge in [0.15, 0.2) is 0 Å². The van der Waals surface area contributed by atoms with Crippen LogP contribution in [0.5, 0.6) is 5.75 Å². The van der Waals surface area contributed by atoms with Gasteiger partial charge in [0.05, 0.1) is 13.4 Å². The number of ether oxygens (including phenoxy) is 1. The maximum absolute atomic E-state index is 11.6. The molecule has 0 spiro atoms. The standard InChI is InChI=1S/C26H32N4O2S/c1-21(31)29-15-17-30(18-16-29)23-6-11-25(12-7-23)33-26(19-28-14-13-27-20-28)10-5-22-3-8-24(32-2)9-4-22/h3-4,6-9,11-14,20,26H,5,10,15-19H2,1-2H3. The molecule has 2 aromatic carbocycles. The fraction of sp³-hybridized carbons (Fsp3) is 0.385. The lowest BCUT2D eigenvalue weighted by Crippen LogP contribution is -2.48. The van der Waals surface area contributed by atoms with Crippen molar-refractivity contribution < 1.29 is 9.53 Å². The van der Waals surface area contributed by atoms with Gasteiger partial charge in [0.2, 0.25) is 5.91 Å². The molecule has 4 rings (SSSR count). The number of benzene rings is 2. The van der Waals surface area contributed by atoms with Gasteiger partial charge in [-0.2, -0.15) is 0 Å². The maximum Gasteiger partial charge on any atom is 0.219 e. The van der Waals surface area contributed by atoms with E-state index >= 15 is 0 Å². The molecule has 6 nitrogen and oxygen atoms in total. The maximum atomic E-state index is 11.6. The van der Waals surface area contributed by atoms with Crippen molar-refractivity contribution in [2.75, 3.05) is 38.2 Å². The van der Waals surface area contributed by atoms with Crippen LogP contribution in [0.4, 0.5) is 5.69 Å². The van der Waals surface area contributed by atoms with Crippen molar-refractivity contribution in [3.63, 3.8) is 0 Å². The molecule has 7 heteroatoms. The summed E-state index contributed by atoms with van der Waals surface area (Å²) in [6.45, 7) is 5.94. The predicted octanol–water partition coefficient (Wildman–Crippen LogP) is 4.35. The second-order valence-electron chi connectivity index (χ2n) is 8.37. The van der Waals surface area contributed by atoms with E-state index < -0.39 is 0 Å². The third-order valence-corrected chi connectivity index (χ3v) is 7.38. The van der Waals surface area contributed by atoms with E-state index in [2.05, 4.69) is 50.8 Å². The minimum Gasteiger partial charge on any atom is -0.497 e. The van der Waals surface area contributed by atoms with Crippen LogP contribution in [-0.4, -0.2) is 58.9 Å². The molecule has 0 N–H and O–H groups in total. The molecular formula is C26H32N4O2S. The quantitative estimate of drug-likeness (QED) is 0.441. The molecule has 0 aliphatic carbocycles. The molecule has 1 aliphatic heterocycles. The zero-order valence-corrected chi connectivity index (χ0v) is 20.2. The number of hydrogen-bond donors (Lipinski definition) is 0. The third kappa shape index (κ3) is 6.54.